The van der Waals surface area contributed by atoms with Crippen molar-refractivity contribution in [3.05, 3.63) is 30.0 Å². The van der Waals surface area contributed by atoms with Crippen molar-refractivity contribution in [1.82, 2.24) is 19.5 Å². The molecule has 0 saturated heterocycles. The van der Waals surface area contributed by atoms with Crippen LogP contribution >= 0.6 is 0 Å². The van der Waals surface area contributed by atoms with Crippen molar-refractivity contribution in [1.29, 1.82) is 0 Å². The minimum absolute atomic E-state index is 0.0910. The first-order valence-electron chi connectivity index (χ1n) is 5.91. The van der Waals surface area contributed by atoms with Crippen molar-refractivity contribution in [2.24, 2.45) is 12.9 Å². The van der Waals surface area contributed by atoms with E-state index in [4.69, 9.17) is 5.84 Å². The molecule has 21 heavy (non-hydrogen) atoms. The quantitative estimate of drug-likeness (QED) is 0.651. The number of halogens is 3. The van der Waals surface area contributed by atoms with Crippen LogP contribution in [0.15, 0.2) is 18.5 Å². The van der Waals surface area contributed by atoms with Crippen molar-refractivity contribution < 1.29 is 13.2 Å². The topological polar surface area (TPSA) is 84.9 Å². The third-order valence-corrected chi connectivity index (χ3v) is 2.82. The Morgan fingerprint density at radius 1 is 1.38 bits per heavy atom. The fourth-order valence-corrected chi connectivity index (χ4v) is 1.68. The van der Waals surface area contributed by atoms with Gasteiger partial charge in [-0.2, -0.15) is 18.2 Å². The van der Waals surface area contributed by atoms with Crippen LogP contribution in [0.4, 0.5) is 24.9 Å². The molecule has 0 saturated carbocycles. The minimum atomic E-state index is -4.58. The van der Waals surface area contributed by atoms with E-state index in [1.54, 1.807) is 31.1 Å². The van der Waals surface area contributed by atoms with E-state index in [0.29, 0.717) is 12.4 Å². The van der Waals surface area contributed by atoms with Crippen LogP contribution in [0.3, 0.4) is 0 Å². The summed E-state index contributed by atoms with van der Waals surface area (Å²) in [6.07, 6.45) is -1.22. The second kappa shape index (κ2) is 5.56. The second-order valence-electron chi connectivity index (χ2n) is 4.39. The molecule has 0 aliphatic carbocycles. The van der Waals surface area contributed by atoms with Gasteiger partial charge in [-0.15, -0.1) is 0 Å². The Bertz CT molecular complexity index is 623. The molecule has 0 unspecified atom stereocenters. The molecule has 0 spiro atoms. The van der Waals surface area contributed by atoms with Gasteiger partial charge in [0.1, 0.15) is 11.6 Å². The van der Waals surface area contributed by atoms with Gasteiger partial charge in [0, 0.05) is 32.6 Å². The fraction of sp³-hybridized carbons (Fsp3) is 0.364. The number of nitrogens with two attached hydrogens (primary N) is 1. The number of rotatable bonds is 4. The van der Waals surface area contributed by atoms with Gasteiger partial charge in [-0.3, -0.25) is 5.43 Å². The minimum Gasteiger partial charge on any atom is -0.352 e. The predicted molar refractivity (Wildman–Crippen MR) is 70.2 cm³/mol. The van der Waals surface area contributed by atoms with Crippen LogP contribution in [-0.4, -0.2) is 26.6 Å². The van der Waals surface area contributed by atoms with E-state index in [-0.39, 0.29) is 11.8 Å². The van der Waals surface area contributed by atoms with Crippen LogP contribution in [0.1, 0.15) is 11.5 Å². The first-order valence-corrected chi connectivity index (χ1v) is 5.91. The monoisotopic (exact) mass is 301 g/mol. The van der Waals surface area contributed by atoms with E-state index in [0.717, 1.165) is 6.07 Å². The van der Waals surface area contributed by atoms with Crippen molar-refractivity contribution >= 4 is 11.8 Å². The molecular weight excluding hydrogens is 287 g/mol. The summed E-state index contributed by atoms with van der Waals surface area (Å²) >= 11 is 0. The van der Waals surface area contributed by atoms with Gasteiger partial charge >= 0.3 is 6.18 Å². The number of alkyl halides is 3. The molecule has 2 aromatic heterocycles. The third kappa shape index (κ3) is 3.40. The zero-order valence-electron chi connectivity index (χ0n) is 11.4. The number of nitrogens with one attached hydrogen (secondary N) is 1. The van der Waals surface area contributed by atoms with Crippen molar-refractivity contribution in [2.75, 3.05) is 17.4 Å². The summed E-state index contributed by atoms with van der Waals surface area (Å²) in [5.74, 6) is 5.59. The summed E-state index contributed by atoms with van der Waals surface area (Å²) in [7, 11) is 3.40. The molecule has 0 radical (unpaired) electrons. The highest BCUT2D eigenvalue weighted by atomic mass is 19.4. The van der Waals surface area contributed by atoms with Gasteiger partial charge in [0.2, 0.25) is 5.95 Å². The number of aromatic nitrogens is 4. The van der Waals surface area contributed by atoms with Crippen LogP contribution in [-0.2, 0) is 19.8 Å². The number of imidazole rings is 1. The van der Waals surface area contributed by atoms with Crippen molar-refractivity contribution in [3.8, 4) is 0 Å². The Balaban J connectivity index is 2.32. The van der Waals surface area contributed by atoms with Crippen molar-refractivity contribution in [3.63, 3.8) is 0 Å². The fourth-order valence-electron chi connectivity index (χ4n) is 1.68. The molecule has 0 bridgehead atoms. The molecule has 0 amide bonds. The van der Waals surface area contributed by atoms with E-state index < -0.39 is 11.9 Å². The molecular formula is C11H14F3N7. The average Bonchev–Trinajstić information content (AvgIpc) is 2.82. The summed E-state index contributed by atoms with van der Waals surface area (Å²) in [5.41, 5.74) is 0.972. The first-order chi connectivity index (χ1) is 9.81. The summed E-state index contributed by atoms with van der Waals surface area (Å²) in [6.45, 7) is 0.293. The SMILES string of the molecule is CN(Cc1nccn1C)c1cc(C(F)(F)F)nc(NN)n1. The Morgan fingerprint density at radius 3 is 2.62 bits per heavy atom. The van der Waals surface area contributed by atoms with E-state index in [9.17, 15) is 13.2 Å². The maximum Gasteiger partial charge on any atom is 0.433 e. The summed E-state index contributed by atoms with van der Waals surface area (Å²) in [6, 6.07) is 0.865. The molecule has 10 heteroatoms. The van der Waals surface area contributed by atoms with Crippen LogP contribution in [0, 0.1) is 0 Å². The van der Waals surface area contributed by atoms with E-state index in [1.165, 1.54) is 4.90 Å². The lowest BCUT2D eigenvalue weighted by Crippen LogP contribution is -2.23. The molecule has 2 aromatic rings. The van der Waals surface area contributed by atoms with E-state index in [2.05, 4.69) is 15.0 Å². The van der Waals surface area contributed by atoms with E-state index >= 15 is 0 Å². The third-order valence-electron chi connectivity index (χ3n) is 2.82. The lowest BCUT2D eigenvalue weighted by Gasteiger charge is -2.19. The first kappa shape index (κ1) is 15.0. The maximum absolute atomic E-state index is 12.8. The lowest BCUT2D eigenvalue weighted by atomic mass is 10.3. The molecule has 0 atom stereocenters. The molecule has 3 N–H and O–H groups in total. The highest BCUT2D eigenvalue weighted by Gasteiger charge is 2.34. The van der Waals surface area contributed by atoms with E-state index in [1.807, 2.05) is 5.43 Å². The Kier molecular flexibility index (Phi) is 3.98. The number of anilines is 2. The predicted octanol–water partition coefficient (Wildman–Crippen LogP) is 1.15. The van der Waals surface area contributed by atoms with Crippen LogP contribution in [0.2, 0.25) is 0 Å². The largest absolute Gasteiger partial charge is 0.433 e. The number of aryl methyl sites for hydroxylation is 1. The van der Waals surface area contributed by atoms with Gasteiger partial charge in [-0.25, -0.2) is 15.8 Å². The molecule has 0 aliphatic heterocycles. The zero-order chi connectivity index (χ0) is 15.6. The smallest absolute Gasteiger partial charge is 0.352 e. The standard InChI is InChI=1S/C11H14F3N7/c1-20-4-3-16-9(20)6-21(2)8-5-7(11(12,13)14)17-10(18-8)19-15/h3-5H,6,15H2,1-2H3,(H,17,18,19). The normalized spacial score (nSPS) is 11.5. The number of nitrogens with zero attached hydrogens (tertiary/aromatic N) is 5. The number of hydrogen-bond acceptors (Lipinski definition) is 6. The summed E-state index contributed by atoms with van der Waals surface area (Å²) < 4.78 is 40.2. The summed E-state index contributed by atoms with van der Waals surface area (Å²) in [5, 5.41) is 0. The summed E-state index contributed by atoms with van der Waals surface area (Å²) in [4.78, 5) is 12.9. The Hall–Kier alpha value is -2.36. The highest BCUT2D eigenvalue weighted by Crippen LogP contribution is 2.30. The molecule has 0 fully saturated rings. The Morgan fingerprint density at radius 2 is 2.10 bits per heavy atom. The van der Waals surface area contributed by atoms with Gasteiger partial charge in [-0.05, 0) is 0 Å². The maximum atomic E-state index is 12.8. The lowest BCUT2D eigenvalue weighted by molar-refractivity contribution is -0.141. The van der Waals surface area contributed by atoms with Gasteiger partial charge in [0.05, 0.1) is 6.54 Å². The number of nitrogen functional groups attached to an aromatic ring is 1. The molecule has 2 heterocycles. The van der Waals surface area contributed by atoms with Crippen LogP contribution in [0.25, 0.3) is 0 Å². The van der Waals surface area contributed by atoms with Gasteiger partial charge in [0.15, 0.2) is 5.69 Å². The molecule has 114 valence electrons. The van der Waals surface area contributed by atoms with Gasteiger partial charge in [-0.1, -0.05) is 0 Å². The number of hydrogen-bond donors (Lipinski definition) is 2. The van der Waals surface area contributed by atoms with Crippen LogP contribution < -0.4 is 16.2 Å². The van der Waals surface area contributed by atoms with Gasteiger partial charge < -0.3 is 9.47 Å². The van der Waals surface area contributed by atoms with Gasteiger partial charge in [0.25, 0.3) is 0 Å². The average molecular weight is 301 g/mol. The molecule has 2 rings (SSSR count). The molecule has 0 aromatic carbocycles. The zero-order valence-corrected chi connectivity index (χ0v) is 11.4. The number of hydrazine groups is 1. The second-order valence-corrected chi connectivity index (χ2v) is 4.39. The highest BCUT2D eigenvalue weighted by molar-refractivity contribution is 5.44. The van der Waals surface area contributed by atoms with Crippen molar-refractivity contribution in [2.45, 2.75) is 12.7 Å². The molecule has 7 nitrogen and oxygen atoms in total. The molecule has 0 aliphatic rings. The Labute approximate surface area is 118 Å². The van der Waals surface area contributed by atoms with Crippen LogP contribution in [0.5, 0.6) is 0 Å².